The molecule has 5 nitrogen and oxygen atoms in total. The highest BCUT2D eigenvalue weighted by atomic mass is 32.1. The van der Waals surface area contributed by atoms with E-state index in [4.69, 9.17) is 4.74 Å². The lowest BCUT2D eigenvalue weighted by molar-refractivity contribution is -0.121. The predicted octanol–water partition coefficient (Wildman–Crippen LogP) is 2.72. The lowest BCUT2D eigenvalue weighted by atomic mass is 10.0. The van der Waals surface area contributed by atoms with Gasteiger partial charge in [0.15, 0.2) is 4.96 Å². The van der Waals surface area contributed by atoms with Gasteiger partial charge in [-0.3, -0.25) is 9.20 Å². The number of nitrogens with zero attached hydrogens (tertiary/aromatic N) is 2. The van der Waals surface area contributed by atoms with Crippen LogP contribution in [0.2, 0.25) is 0 Å². The Morgan fingerprint density at radius 1 is 1.35 bits per heavy atom. The summed E-state index contributed by atoms with van der Waals surface area (Å²) in [6, 6.07) is 10.1. The fourth-order valence-electron chi connectivity index (χ4n) is 3.02. The number of hydrogen-bond acceptors (Lipinski definition) is 4. The second kappa shape index (κ2) is 6.14. The van der Waals surface area contributed by atoms with Crippen molar-refractivity contribution in [1.29, 1.82) is 0 Å². The van der Waals surface area contributed by atoms with E-state index in [0.29, 0.717) is 26.2 Å². The Kier molecular flexibility index (Phi) is 3.85. The number of carbonyl (C=O) groups is 1. The van der Waals surface area contributed by atoms with Gasteiger partial charge in [-0.1, -0.05) is 30.3 Å². The van der Waals surface area contributed by atoms with Crippen LogP contribution >= 0.6 is 11.3 Å². The molecule has 0 aliphatic carbocycles. The molecule has 4 rings (SSSR count). The van der Waals surface area contributed by atoms with Crippen molar-refractivity contribution in [2.24, 2.45) is 0 Å². The van der Waals surface area contributed by atoms with Crippen molar-refractivity contribution in [1.82, 2.24) is 14.7 Å². The highest BCUT2D eigenvalue weighted by molar-refractivity contribution is 7.15. The molecule has 0 saturated carbocycles. The summed E-state index contributed by atoms with van der Waals surface area (Å²) in [6.07, 6.45) is 2.46. The van der Waals surface area contributed by atoms with Crippen molar-refractivity contribution in [3.63, 3.8) is 0 Å². The second-order valence-electron chi connectivity index (χ2n) is 5.68. The SMILES string of the molecule is O=C1C[C@H](COCc2ccccc2)c2c(nc3sccn23)CN1. The van der Waals surface area contributed by atoms with Crippen LogP contribution in [0.3, 0.4) is 0 Å². The molecule has 0 unspecified atom stereocenters. The number of rotatable bonds is 4. The van der Waals surface area contributed by atoms with E-state index in [1.807, 2.05) is 41.9 Å². The van der Waals surface area contributed by atoms with E-state index >= 15 is 0 Å². The number of benzene rings is 1. The van der Waals surface area contributed by atoms with E-state index in [1.54, 1.807) is 11.3 Å². The molecule has 2 aromatic heterocycles. The Bertz CT molecular complexity index is 825. The van der Waals surface area contributed by atoms with Crippen LogP contribution in [0.25, 0.3) is 4.96 Å². The third-order valence-corrected chi connectivity index (χ3v) is 4.83. The van der Waals surface area contributed by atoms with Crippen molar-refractivity contribution in [3.05, 3.63) is 58.9 Å². The third-order valence-electron chi connectivity index (χ3n) is 4.08. The van der Waals surface area contributed by atoms with Crippen LogP contribution in [0.4, 0.5) is 0 Å². The smallest absolute Gasteiger partial charge is 0.221 e. The molecule has 1 atom stereocenters. The first kappa shape index (κ1) is 14.4. The van der Waals surface area contributed by atoms with Gasteiger partial charge < -0.3 is 10.1 Å². The molecule has 1 aliphatic heterocycles. The van der Waals surface area contributed by atoms with Crippen LogP contribution in [0.5, 0.6) is 0 Å². The monoisotopic (exact) mass is 327 g/mol. The van der Waals surface area contributed by atoms with E-state index in [0.717, 1.165) is 21.9 Å². The van der Waals surface area contributed by atoms with E-state index in [1.165, 1.54) is 0 Å². The first-order valence-electron chi connectivity index (χ1n) is 7.64. The number of carbonyl (C=O) groups excluding carboxylic acids is 1. The van der Waals surface area contributed by atoms with Crippen molar-refractivity contribution >= 4 is 22.2 Å². The topological polar surface area (TPSA) is 55.6 Å². The Hall–Kier alpha value is -2.18. The highest BCUT2D eigenvalue weighted by Gasteiger charge is 2.28. The van der Waals surface area contributed by atoms with E-state index in [-0.39, 0.29) is 11.8 Å². The molecule has 1 aromatic carbocycles. The van der Waals surface area contributed by atoms with Gasteiger partial charge in [-0.25, -0.2) is 4.98 Å². The maximum Gasteiger partial charge on any atom is 0.221 e. The number of amides is 1. The number of thiazole rings is 1. The molecule has 1 aliphatic rings. The van der Waals surface area contributed by atoms with Gasteiger partial charge in [0, 0.05) is 23.9 Å². The zero-order valence-corrected chi connectivity index (χ0v) is 13.4. The summed E-state index contributed by atoms with van der Waals surface area (Å²) < 4.78 is 7.99. The van der Waals surface area contributed by atoms with Gasteiger partial charge >= 0.3 is 0 Å². The second-order valence-corrected chi connectivity index (χ2v) is 6.55. The van der Waals surface area contributed by atoms with Gasteiger partial charge in [0.25, 0.3) is 0 Å². The minimum atomic E-state index is 0.0285. The molecule has 23 heavy (non-hydrogen) atoms. The molecule has 0 spiro atoms. The van der Waals surface area contributed by atoms with Gasteiger partial charge in [-0.2, -0.15) is 0 Å². The molecule has 0 saturated heterocycles. The lowest BCUT2D eigenvalue weighted by Crippen LogP contribution is -2.22. The molecule has 6 heteroatoms. The average Bonchev–Trinajstić information content (AvgIpc) is 3.09. The number of fused-ring (bicyclic) bond motifs is 3. The summed E-state index contributed by atoms with van der Waals surface area (Å²) in [5, 5.41) is 4.94. The molecule has 1 amide bonds. The first-order valence-corrected chi connectivity index (χ1v) is 8.52. The van der Waals surface area contributed by atoms with Crippen molar-refractivity contribution in [2.45, 2.75) is 25.5 Å². The normalized spacial score (nSPS) is 17.7. The molecular weight excluding hydrogens is 310 g/mol. The summed E-state index contributed by atoms with van der Waals surface area (Å²) in [5.74, 6) is 0.0844. The number of imidazole rings is 1. The highest BCUT2D eigenvalue weighted by Crippen LogP contribution is 2.29. The van der Waals surface area contributed by atoms with E-state index in [9.17, 15) is 4.79 Å². The molecule has 0 fully saturated rings. The van der Waals surface area contributed by atoms with Gasteiger partial charge in [-0.15, -0.1) is 11.3 Å². The minimum absolute atomic E-state index is 0.0285. The molecule has 0 bridgehead atoms. The number of nitrogens with one attached hydrogen (secondary N) is 1. The molecule has 1 N–H and O–H groups in total. The standard InChI is InChI=1S/C17H17N3O2S/c21-15-8-13(11-22-10-12-4-2-1-3-5-12)16-14(9-18-15)19-17-20(16)6-7-23-17/h1-7,13H,8-11H2,(H,18,21)/t13-/m1/s1. The van der Waals surface area contributed by atoms with Crippen molar-refractivity contribution < 1.29 is 9.53 Å². The Balaban J connectivity index is 1.55. The first-order chi connectivity index (χ1) is 11.3. The van der Waals surface area contributed by atoms with E-state index < -0.39 is 0 Å². The minimum Gasteiger partial charge on any atom is -0.376 e. The van der Waals surface area contributed by atoms with Crippen LogP contribution in [0.15, 0.2) is 41.9 Å². The van der Waals surface area contributed by atoms with Crippen LogP contribution in [-0.2, 0) is 22.7 Å². The predicted molar refractivity (Wildman–Crippen MR) is 88.4 cm³/mol. The van der Waals surface area contributed by atoms with Crippen LogP contribution in [0.1, 0.15) is 29.3 Å². The van der Waals surface area contributed by atoms with Gasteiger partial charge in [0.1, 0.15) is 0 Å². The molecule has 0 radical (unpaired) electrons. The quantitative estimate of drug-likeness (QED) is 0.801. The van der Waals surface area contributed by atoms with Crippen molar-refractivity contribution in [3.8, 4) is 0 Å². The summed E-state index contributed by atoms with van der Waals surface area (Å²) in [7, 11) is 0. The third kappa shape index (κ3) is 2.87. The van der Waals surface area contributed by atoms with Crippen LogP contribution in [0, 0.1) is 0 Å². The number of hydrogen-bond donors (Lipinski definition) is 1. The maximum absolute atomic E-state index is 12.0. The summed E-state index contributed by atoms with van der Waals surface area (Å²) in [6.45, 7) is 1.57. The van der Waals surface area contributed by atoms with Gasteiger partial charge in [0.2, 0.25) is 5.91 Å². The lowest BCUT2D eigenvalue weighted by Gasteiger charge is -2.15. The molecule has 118 valence electrons. The fraction of sp³-hybridized carbons (Fsp3) is 0.294. The number of ether oxygens (including phenoxy) is 1. The number of aromatic nitrogens is 2. The summed E-state index contributed by atoms with van der Waals surface area (Å²) in [5.41, 5.74) is 3.20. The summed E-state index contributed by atoms with van der Waals surface area (Å²) in [4.78, 5) is 17.6. The Morgan fingerprint density at radius 2 is 2.22 bits per heavy atom. The zero-order chi connectivity index (χ0) is 15.6. The molecule has 3 heterocycles. The largest absolute Gasteiger partial charge is 0.376 e. The molecule has 3 aromatic rings. The average molecular weight is 327 g/mol. The maximum atomic E-state index is 12.0. The van der Waals surface area contributed by atoms with Crippen LogP contribution in [-0.4, -0.2) is 21.9 Å². The zero-order valence-electron chi connectivity index (χ0n) is 12.6. The Labute approximate surface area is 137 Å². The van der Waals surface area contributed by atoms with Gasteiger partial charge in [-0.05, 0) is 5.56 Å². The Morgan fingerprint density at radius 3 is 3.09 bits per heavy atom. The van der Waals surface area contributed by atoms with Crippen molar-refractivity contribution in [2.75, 3.05) is 6.61 Å². The fourth-order valence-corrected chi connectivity index (χ4v) is 3.76. The summed E-state index contributed by atoms with van der Waals surface area (Å²) >= 11 is 1.61. The molecular formula is C17H17N3O2S. The van der Waals surface area contributed by atoms with Gasteiger partial charge in [0.05, 0.1) is 31.1 Å². The van der Waals surface area contributed by atoms with E-state index in [2.05, 4.69) is 14.7 Å². The van der Waals surface area contributed by atoms with Crippen LogP contribution < -0.4 is 5.32 Å².